The predicted octanol–water partition coefficient (Wildman–Crippen LogP) is 3.62. The van der Waals surface area contributed by atoms with Gasteiger partial charge in [-0.2, -0.15) is 5.10 Å². The number of nitrogens with one attached hydrogen (secondary N) is 1. The molecule has 2 aromatic carbocycles. The standard InChI is InChI=1S/C18H17N3O2/c1-14-11-19-21(12-14)13-18(22)20-15-7-9-17(10-8-15)23-16-5-3-2-4-6-16/h2-12H,13H2,1H3,(H,20,22). The fourth-order valence-electron chi connectivity index (χ4n) is 2.13. The zero-order valence-electron chi connectivity index (χ0n) is 12.8. The third-order valence-electron chi connectivity index (χ3n) is 3.18. The molecule has 0 atom stereocenters. The van der Waals surface area contributed by atoms with Gasteiger partial charge in [0.25, 0.3) is 0 Å². The highest BCUT2D eigenvalue weighted by molar-refractivity contribution is 5.90. The number of hydrogen-bond acceptors (Lipinski definition) is 3. The molecule has 0 saturated heterocycles. The summed E-state index contributed by atoms with van der Waals surface area (Å²) in [5.41, 5.74) is 1.75. The topological polar surface area (TPSA) is 56.2 Å². The molecule has 1 aromatic heterocycles. The van der Waals surface area contributed by atoms with Crippen molar-refractivity contribution in [3.8, 4) is 11.5 Å². The summed E-state index contributed by atoms with van der Waals surface area (Å²) in [6.07, 6.45) is 3.55. The summed E-state index contributed by atoms with van der Waals surface area (Å²) < 4.78 is 7.32. The zero-order valence-corrected chi connectivity index (χ0v) is 12.8. The zero-order chi connectivity index (χ0) is 16.1. The van der Waals surface area contributed by atoms with Gasteiger partial charge in [-0.05, 0) is 48.9 Å². The fraction of sp³-hybridized carbons (Fsp3) is 0.111. The van der Waals surface area contributed by atoms with Crippen molar-refractivity contribution in [1.82, 2.24) is 9.78 Å². The number of para-hydroxylation sites is 1. The van der Waals surface area contributed by atoms with E-state index in [9.17, 15) is 4.79 Å². The Morgan fingerprint density at radius 2 is 1.78 bits per heavy atom. The lowest BCUT2D eigenvalue weighted by Crippen LogP contribution is -2.18. The monoisotopic (exact) mass is 307 g/mol. The molecule has 0 radical (unpaired) electrons. The summed E-state index contributed by atoms with van der Waals surface area (Å²) >= 11 is 0. The van der Waals surface area contributed by atoms with E-state index < -0.39 is 0 Å². The molecule has 0 spiro atoms. The van der Waals surface area contributed by atoms with Crippen molar-refractivity contribution in [1.29, 1.82) is 0 Å². The lowest BCUT2D eigenvalue weighted by molar-refractivity contribution is -0.116. The van der Waals surface area contributed by atoms with E-state index >= 15 is 0 Å². The Labute approximate surface area is 134 Å². The van der Waals surface area contributed by atoms with Crippen LogP contribution >= 0.6 is 0 Å². The number of ether oxygens (including phenoxy) is 1. The fourth-order valence-corrected chi connectivity index (χ4v) is 2.13. The summed E-state index contributed by atoms with van der Waals surface area (Å²) in [5, 5.41) is 6.93. The van der Waals surface area contributed by atoms with Crippen LogP contribution in [0, 0.1) is 6.92 Å². The van der Waals surface area contributed by atoms with Crippen molar-refractivity contribution in [2.45, 2.75) is 13.5 Å². The maximum Gasteiger partial charge on any atom is 0.246 e. The highest BCUT2D eigenvalue weighted by Crippen LogP contribution is 2.22. The van der Waals surface area contributed by atoms with E-state index in [1.54, 1.807) is 10.9 Å². The molecule has 1 amide bonds. The van der Waals surface area contributed by atoms with Gasteiger partial charge in [0.05, 0.1) is 6.20 Å². The minimum absolute atomic E-state index is 0.121. The number of nitrogens with zero attached hydrogens (tertiary/aromatic N) is 2. The molecule has 0 fully saturated rings. The predicted molar refractivity (Wildman–Crippen MR) is 88.6 cm³/mol. The van der Waals surface area contributed by atoms with E-state index in [1.807, 2.05) is 67.7 Å². The Balaban J connectivity index is 1.57. The largest absolute Gasteiger partial charge is 0.457 e. The van der Waals surface area contributed by atoms with Crippen LogP contribution in [0.3, 0.4) is 0 Å². The van der Waals surface area contributed by atoms with Gasteiger partial charge >= 0.3 is 0 Å². The number of benzene rings is 2. The summed E-state index contributed by atoms with van der Waals surface area (Å²) in [7, 11) is 0. The van der Waals surface area contributed by atoms with Crippen LogP contribution < -0.4 is 10.1 Å². The first-order chi connectivity index (χ1) is 11.2. The number of aromatic nitrogens is 2. The van der Waals surface area contributed by atoms with E-state index in [0.717, 1.165) is 22.7 Å². The molecule has 1 N–H and O–H groups in total. The van der Waals surface area contributed by atoms with E-state index in [1.165, 1.54) is 0 Å². The lowest BCUT2D eigenvalue weighted by atomic mass is 10.3. The second-order valence-corrected chi connectivity index (χ2v) is 5.20. The molecular weight excluding hydrogens is 290 g/mol. The van der Waals surface area contributed by atoms with Gasteiger partial charge in [0, 0.05) is 11.9 Å². The minimum atomic E-state index is -0.121. The van der Waals surface area contributed by atoms with Gasteiger partial charge in [0.15, 0.2) is 0 Å². The number of amides is 1. The van der Waals surface area contributed by atoms with Gasteiger partial charge in [0.1, 0.15) is 18.0 Å². The SMILES string of the molecule is Cc1cnn(CC(=O)Nc2ccc(Oc3ccccc3)cc2)c1. The summed E-state index contributed by atoms with van der Waals surface area (Å²) in [6, 6.07) is 16.8. The number of anilines is 1. The molecule has 5 nitrogen and oxygen atoms in total. The van der Waals surface area contributed by atoms with Crippen molar-refractivity contribution >= 4 is 11.6 Å². The van der Waals surface area contributed by atoms with Gasteiger partial charge in [-0.15, -0.1) is 0 Å². The van der Waals surface area contributed by atoms with E-state index in [2.05, 4.69) is 10.4 Å². The van der Waals surface area contributed by atoms with E-state index in [-0.39, 0.29) is 12.5 Å². The van der Waals surface area contributed by atoms with Crippen molar-refractivity contribution in [3.05, 3.63) is 72.6 Å². The van der Waals surface area contributed by atoms with Gasteiger partial charge < -0.3 is 10.1 Å². The molecule has 0 aliphatic heterocycles. The Hall–Kier alpha value is -3.08. The van der Waals surface area contributed by atoms with Crippen LogP contribution in [-0.2, 0) is 11.3 Å². The Morgan fingerprint density at radius 1 is 1.09 bits per heavy atom. The van der Waals surface area contributed by atoms with Crippen molar-refractivity contribution < 1.29 is 9.53 Å². The van der Waals surface area contributed by atoms with Crippen LogP contribution in [-0.4, -0.2) is 15.7 Å². The number of rotatable bonds is 5. The van der Waals surface area contributed by atoms with Crippen LogP contribution in [0.4, 0.5) is 5.69 Å². The number of carbonyl (C=O) groups is 1. The maximum atomic E-state index is 12.0. The average Bonchev–Trinajstić information content (AvgIpc) is 2.95. The molecule has 1 heterocycles. The Kier molecular flexibility index (Phi) is 4.38. The third-order valence-corrected chi connectivity index (χ3v) is 3.18. The summed E-state index contributed by atoms with van der Waals surface area (Å²) in [5.74, 6) is 1.38. The van der Waals surface area contributed by atoms with E-state index in [4.69, 9.17) is 4.74 Å². The first-order valence-electron chi connectivity index (χ1n) is 7.31. The molecule has 0 aliphatic rings. The Bertz CT molecular complexity index is 780. The van der Waals surface area contributed by atoms with Gasteiger partial charge in [0.2, 0.25) is 5.91 Å². The molecule has 3 aromatic rings. The van der Waals surface area contributed by atoms with Gasteiger partial charge in [-0.1, -0.05) is 18.2 Å². The smallest absolute Gasteiger partial charge is 0.246 e. The summed E-state index contributed by atoms with van der Waals surface area (Å²) in [4.78, 5) is 12.0. The van der Waals surface area contributed by atoms with Crippen molar-refractivity contribution in [2.24, 2.45) is 0 Å². The highest BCUT2D eigenvalue weighted by atomic mass is 16.5. The Morgan fingerprint density at radius 3 is 2.43 bits per heavy atom. The molecule has 0 unspecified atom stereocenters. The minimum Gasteiger partial charge on any atom is -0.457 e. The summed E-state index contributed by atoms with van der Waals surface area (Å²) in [6.45, 7) is 2.13. The van der Waals surface area contributed by atoms with Gasteiger partial charge in [-0.25, -0.2) is 0 Å². The quantitative estimate of drug-likeness (QED) is 0.783. The molecule has 23 heavy (non-hydrogen) atoms. The van der Waals surface area contributed by atoms with Crippen LogP contribution in [0.15, 0.2) is 67.0 Å². The number of aryl methyl sites for hydroxylation is 1. The van der Waals surface area contributed by atoms with Crippen LogP contribution in [0.2, 0.25) is 0 Å². The first kappa shape index (κ1) is 14.8. The maximum absolute atomic E-state index is 12.0. The van der Waals surface area contributed by atoms with E-state index in [0.29, 0.717) is 0 Å². The van der Waals surface area contributed by atoms with Crippen LogP contribution in [0.5, 0.6) is 11.5 Å². The van der Waals surface area contributed by atoms with Crippen molar-refractivity contribution in [2.75, 3.05) is 5.32 Å². The third kappa shape index (κ3) is 4.20. The normalized spacial score (nSPS) is 10.3. The first-order valence-corrected chi connectivity index (χ1v) is 7.31. The average molecular weight is 307 g/mol. The van der Waals surface area contributed by atoms with Crippen LogP contribution in [0.1, 0.15) is 5.56 Å². The lowest BCUT2D eigenvalue weighted by Gasteiger charge is -2.08. The molecule has 5 heteroatoms. The van der Waals surface area contributed by atoms with Crippen molar-refractivity contribution in [3.63, 3.8) is 0 Å². The molecular formula is C18H17N3O2. The molecule has 0 aliphatic carbocycles. The molecule has 3 rings (SSSR count). The van der Waals surface area contributed by atoms with Crippen LogP contribution in [0.25, 0.3) is 0 Å². The molecule has 116 valence electrons. The number of carbonyl (C=O) groups excluding carboxylic acids is 1. The molecule has 0 bridgehead atoms. The number of hydrogen-bond donors (Lipinski definition) is 1. The molecule has 0 saturated carbocycles. The second-order valence-electron chi connectivity index (χ2n) is 5.20. The van der Waals surface area contributed by atoms with Gasteiger partial charge in [-0.3, -0.25) is 9.48 Å². The second kappa shape index (κ2) is 6.79. The highest BCUT2D eigenvalue weighted by Gasteiger charge is 2.05.